The Balaban J connectivity index is 1.93. The molecule has 9 heteroatoms. The first-order chi connectivity index (χ1) is 12.2. The Morgan fingerprint density at radius 3 is 2.35 bits per heavy atom. The van der Waals surface area contributed by atoms with Gasteiger partial charge in [-0.3, -0.25) is 4.79 Å². The molecule has 3 rings (SSSR count). The van der Waals surface area contributed by atoms with Crippen molar-refractivity contribution in [3.63, 3.8) is 0 Å². The summed E-state index contributed by atoms with van der Waals surface area (Å²) in [6, 6.07) is 4.19. The average Bonchev–Trinajstić information content (AvgIpc) is 2.74. The number of aryl methyl sites for hydroxylation is 1. The fourth-order valence-electron chi connectivity index (χ4n) is 3.55. The third-order valence-electron chi connectivity index (χ3n) is 4.95. The molecule has 1 saturated heterocycles. The van der Waals surface area contributed by atoms with Crippen LogP contribution in [0.15, 0.2) is 23.1 Å². The van der Waals surface area contributed by atoms with Crippen molar-refractivity contribution in [2.45, 2.75) is 62.8 Å². The van der Waals surface area contributed by atoms with Crippen LogP contribution < -0.4 is 9.03 Å². The normalized spacial score (nSPS) is 21.7. The number of benzene rings is 1. The Morgan fingerprint density at radius 2 is 1.77 bits per heavy atom. The van der Waals surface area contributed by atoms with Gasteiger partial charge in [0.05, 0.1) is 16.3 Å². The molecule has 0 radical (unpaired) electrons. The highest BCUT2D eigenvalue weighted by Gasteiger charge is 2.37. The number of nitrogens with zero attached hydrogens (tertiary/aromatic N) is 1. The Morgan fingerprint density at radius 1 is 1.12 bits per heavy atom. The Hall–Kier alpha value is -1.45. The lowest BCUT2D eigenvalue weighted by atomic mass is 10.1. The second kappa shape index (κ2) is 7.28. The minimum atomic E-state index is -3.80. The zero-order valence-electron chi connectivity index (χ0n) is 14.8. The zero-order valence-corrected chi connectivity index (χ0v) is 16.4. The summed E-state index contributed by atoms with van der Waals surface area (Å²) in [5.74, 6) is -0.781. The molecule has 1 aliphatic carbocycles. The molecule has 1 amide bonds. The lowest BCUT2D eigenvalue weighted by Gasteiger charge is -2.20. The van der Waals surface area contributed by atoms with Gasteiger partial charge in [-0.15, -0.1) is 0 Å². The summed E-state index contributed by atoms with van der Waals surface area (Å²) in [5, 5.41) is 0. The highest BCUT2D eigenvalue weighted by molar-refractivity contribution is 7.94. The predicted molar refractivity (Wildman–Crippen MR) is 98.9 cm³/mol. The minimum absolute atomic E-state index is 0.0224. The highest BCUT2D eigenvalue weighted by Crippen LogP contribution is 2.29. The summed E-state index contributed by atoms with van der Waals surface area (Å²) in [6.07, 6.45) is 5.73. The fourth-order valence-corrected chi connectivity index (χ4v) is 6.57. The standard InChI is InChI=1S/C17H24N2O5S2/c1-13-8-9-15(19-17(20)10-11-25(19,21)22)12-16(13)26(23,24)18-14-6-4-2-3-5-7-14/h8-9,12,14,18H,2-7,10-11H2,1H3. The molecule has 0 spiro atoms. The van der Waals surface area contributed by atoms with E-state index in [9.17, 15) is 21.6 Å². The molecule has 1 aromatic rings. The zero-order chi connectivity index (χ0) is 18.9. The van der Waals surface area contributed by atoms with Crippen LogP contribution in [0.4, 0.5) is 5.69 Å². The second-order valence-electron chi connectivity index (χ2n) is 6.98. The van der Waals surface area contributed by atoms with Crippen molar-refractivity contribution in [2.24, 2.45) is 0 Å². The number of carbonyl (C=O) groups excluding carboxylic acids is 1. The number of rotatable bonds is 4. The van der Waals surface area contributed by atoms with Gasteiger partial charge in [-0.2, -0.15) is 0 Å². The number of anilines is 1. The number of nitrogens with one attached hydrogen (secondary N) is 1. The maximum Gasteiger partial charge on any atom is 0.242 e. The van der Waals surface area contributed by atoms with E-state index in [1.807, 2.05) is 0 Å². The molecular formula is C17H24N2O5S2. The van der Waals surface area contributed by atoms with Crippen LogP contribution in [0.1, 0.15) is 50.5 Å². The molecule has 1 aromatic carbocycles. The predicted octanol–water partition coefficient (Wildman–Crippen LogP) is 2.06. The molecule has 7 nitrogen and oxygen atoms in total. The summed E-state index contributed by atoms with van der Waals surface area (Å²) in [4.78, 5) is 12.0. The number of sulfonamides is 2. The Bertz CT molecular complexity index is 901. The van der Waals surface area contributed by atoms with Gasteiger partial charge >= 0.3 is 0 Å². The van der Waals surface area contributed by atoms with E-state index in [4.69, 9.17) is 0 Å². The highest BCUT2D eigenvalue weighted by atomic mass is 32.2. The molecule has 2 aliphatic rings. The summed E-state index contributed by atoms with van der Waals surface area (Å²) < 4.78 is 53.5. The maximum atomic E-state index is 12.9. The second-order valence-corrected chi connectivity index (χ2v) is 10.6. The molecule has 1 N–H and O–H groups in total. The summed E-state index contributed by atoms with van der Waals surface area (Å²) in [6.45, 7) is 1.66. The molecule has 0 aromatic heterocycles. The largest absolute Gasteiger partial charge is 0.273 e. The first-order valence-electron chi connectivity index (χ1n) is 8.89. The van der Waals surface area contributed by atoms with Crippen LogP contribution in [0.25, 0.3) is 0 Å². The molecule has 0 unspecified atom stereocenters. The van der Waals surface area contributed by atoms with Crippen molar-refractivity contribution in [3.8, 4) is 0 Å². The summed E-state index contributed by atoms with van der Waals surface area (Å²) in [7, 11) is -7.52. The van der Waals surface area contributed by atoms with Gasteiger partial charge in [0.15, 0.2) is 0 Å². The van der Waals surface area contributed by atoms with E-state index >= 15 is 0 Å². The van der Waals surface area contributed by atoms with Crippen LogP contribution >= 0.6 is 0 Å². The molecule has 26 heavy (non-hydrogen) atoms. The van der Waals surface area contributed by atoms with Gasteiger partial charge in [-0.05, 0) is 37.5 Å². The first-order valence-corrected chi connectivity index (χ1v) is 12.0. The smallest absolute Gasteiger partial charge is 0.242 e. The SMILES string of the molecule is Cc1ccc(N2C(=O)CCS2(=O)=O)cc1S(=O)(=O)NC1CCCCCC1. The molecule has 1 aliphatic heterocycles. The van der Waals surface area contributed by atoms with Gasteiger partial charge in [0, 0.05) is 12.5 Å². The van der Waals surface area contributed by atoms with Gasteiger partial charge in [0.25, 0.3) is 0 Å². The van der Waals surface area contributed by atoms with E-state index in [-0.39, 0.29) is 28.8 Å². The monoisotopic (exact) mass is 400 g/mol. The van der Waals surface area contributed by atoms with E-state index in [2.05, 4.69) is 4.72 Å². The summed E-state index contributed by atoms with van der Waals surface area (Å²) in [5.41, 5.74) is 0.596. The first kappa shape index (κ1) is 19.3. The van der Waals surface area contributed by atoms with E-state index in [1.165, 1.54) is 18.2 Å². The molecule has 0 bridgehead atoms. The Kier molecular flexibility index (Phi) is 5.41. The van der Waals surface area contributed by atoms with Crippen molar-refractivity contribution in [1.82, 2.24) is 4.72 Å². The van der Waals surface area contributed by atoms with Gasteiger partial charge in [-0.1, -0.05) is 31.7 Å². The van der Waals surface area contributed by atoms with Gasteiger partial charge in [-0.25, -0.2) is 25.9 Å². The number of hydrogen-bond donors (Lipinski definition) is 1. The van der Waals surface area contributed by atoms with Crippen LogP contribution in [0.3, 0.4) is 0 Å². The minimum Gasteiger partial charge on any atom is -0.273 e. The number of amides is 1. The maximum absolute atomic E-state index is 12.9. The van der Waals surface area contributed by atoms with Crippen LogP contribution in [-0.2, 0) is 24.8 Å². The third-order valence-corrected chi connectivity index (χ3v) is 8.30. The van der Waals surface area contributed by atoms with Gasteiger partial charge < -0.3 is 0 Å². The van der Waals surface area contributed by atoms with Crippen LogP contribution in [0.2, 0.25) is 0 Å². The molecule has 1 heterocycles. The van der Waals surface area contributed by atoms with E-state index in [0.29, 0.717) is 5.56 Å². The average molecular weight is 401 g/mol. The van der Waals surface area contributed by atoms with Gasteiger partial charge in [0.2, 0.25) is 26.0 Å². The molecule has 1 saturated carbocycles. The molecule has 2 fully saturated rings. The third kappa shape index (κ3) is 3.94. The molecular weight excluding hydrogens is 376 g/mol. The van der Waals surface area contributed by atoms with Gasteiger partial charge in [0.1, 0.15) is 0 Å². The Labute approximate surface area is 154 Å². The fraction of sp³-hybridized carbons (Fsp3) is 0.588. The topological polar surface area (TPSA) is 101 Å². The van der Waals surface area contributed by atoms with Crippen molar-refractivity contribution in [1.29, 1.82) is 0 Å². The van der Waals surface area contributed by atoms with Crippen LogP contribution in [0, 0.1) is 6.92 Å². The van der Waals surface area contributed by atoms with Crippen molar-refractivity contribution in [3.05, 3.63) is 23.8 Å². The number of hydrogen-bond acceptors (Lipinski definition) is 5. The van der Waals surface area contributed by atoms with E-state index < -0.39 is 26.0 Å². The van der Waals surface area contributed by atoms with E-state index in [1.54, 1.807) is 6.92 Å². The summed E-state index contributed by atoms with van der Waals surface area (Å²) >= 11 is 0. The lowest BCUT2D eigenvalue weighted by molar-refractivity contribution is -0.116. The van der Waals surface area contributed by atoms with Crippen molar-refractivity contribution < 1.29 is 21.6 Å². The lowest BCUT2D eigenvalue weighted by Crippen LogP contribution is -2.35. The van der Waals surface area contributed by atoms with E-state index in [0.717, 1.165) is 42.8 Å². The van der Waals surface area contributed by atoms with Crippen molar-refractivity contribution >= 4 is 31.6 Å². The van der Waals surface area contributed by atoms with Crippen LogP contribution in [0.5, 0.6) is 0 Å². The molecule has 0 atom stereocenters. The number of carbonyl (C=O) groups is 1. The molecule has 144 valence electrons. The van der Waals surface area contributed by atoms with Crippen molar-refractivity contribution in [2.75, 3.05) is 10.1 Å². The van der Waals surface area contributed by atoms with Crippen LogP contribution in [-0.4, -0.2) is 34.5 Å². The quantitative estimate of drug-likeness (QED) is 0.780.